The quantitative estimate of drug-likeness (QED) is 0.384. The van der Waals surface area contributed by atoms with Crippen LogP contribution in [-0.4, -0.2) is 51.7 Å². The Hall–Kier alpha value is -4.03. The number of aryl methyl sites for hydroxylation is 1. The molecule has 3 aromatic carbocycles. The van der Waals surface area contributed by atoms with Gasteiger partial charge in [-0.25, -0.2) is 4.68 Å². The number of hydrogen-bond acceptors (Lipinski definition) is 4. The number of nitrogens with zero attached hydrogens (tertiary/aromatic N) is 4. The molecule has 6 heteroatoms. The summed E-state index contributed by atoms with van der Waals surface area (Å²) in [4.78, 5) is 30.0. The van der Waals surface area contributed by atoms with Crippen LogP contribution in [0, 0.1) is 0 Å². The lowest BCUT2D eigenvalue weighted by Crippen LogP contribution is -2.51. The summed E-state index contributed by atoms with van der Waals surface area (Å²) < 4.78 is 1.29. The molecule has 1 aromatic heterocycles. The highest BCUT2D eigenvalue weighted by molar-refractivity contribution is 5.76. The fourth-order valence-electron chi connectivity index (χ4n) is 4.97. The smallest absolute Gasteiger partial charge is 0.267 e. The molecule has 0 saturated carbocycles. The first kappa shape index (κ1) is 24.7. The molecule has 1 saturated heterocycles. The van der Waals surface area contributed by atoms with Crippen molar-refractivity contribution in [1.82, 2.24) is 19.6 Å². The Labute approximate surface area is 217 Å². The van der Waals surface area contributed by atoms with Gasteiger partial charge in [0, 0.05) is 37.8 Å². The molecule has 5 rings (SSSR count). The van der Waals surface area contributed by atoms with E-state index in [1.54, 1.807) is 6.07 Å². The first-order valence-electron chi connectivity index (χ1n) is 12.9. The first-order valence-corrected chi connectivity index (χ1v) is 12.9. The van der Waals surface area contributed by atoms with Gasteiger partial charge < -0.3 is 4.90 Å². The zero-order valence-electron chi connectivity index (χ0n) is 21.2. The van der Waals surface area contributed by atoms with Gasteiger partial charge in [0.25, 0.3) is 5.56 Å². The van der Waals surface area contributed by atoms with Gasteiger partial charge in [-0.05, 0) is 29.2 Å². The summed E-state index contributed by atoms with van der Waals surface area (Å²) in [6.45, 7) is 4.80. The number of amides is 1. The van der Waals surface area contributed by atoms with Gasteiger partial charge in [0.05, 0.1) is 11.7 Å². The zero-order chi connectivity index (χ0) is 25.6. The maximum Gasteiger partial charge on any atom is 0.267 e. The Morgan fingerprint density at radius 1 is 0.784 bits per heavy atom. The lowest BCUT2D eigenvalue weighted by molar-refractivity contribution is -0.134. The lowest BCUT2D eigenvalue weighted by atomic mass is 9.96. The van der Waals surface area contributed by atoms with E-state index in [2.05, 4.69) is 77.6 Å². The molecule has 37 heavy (non-hydrogen) atoms. The summed E-state index contributed by atoms with van der Waals surface area (Å²) >= 11 is 0. The Kier molecular flexibility index (Phi) is 7.57. The molecule has 188 valence electrons. The molecular weight excluding hydrogens is 460 g/mol. The van der Waals surface area contributed by atoms with Gasteiger partial charge in [-0.3, -0.25) is 14.5 Å². The van der Waals surface area contributed by atoms with E-state index in [-0.39, 0.29) is 24.1 Å². The predicted molar refractivity (Wildman–Crippen MR) is 146 cm³/mol. The van der Waals surface area contributed by atoms with E-state index < -0.39 is 0 Å². The minimum absolute atomic E-state index is 0.0550. The molecule has 2 heterocycles. The van der Waals surface area contributed by atoms with Crippen LogP contribution in [0.5, 0.6) is 0 Å². The topological polar surface area (TPSA) is 58.4 Å². The van der Waals surface area contributed by atoms with Crippen molar-refractivity contribution in [2.75, 3.05) is 26.2 Å². The van der Waals surface area contributed by atoms with Gasteiger partial charge in [0.15, 0.2) is 0 Å². The van der Waals surface area contributed by atoms with Gasteiger partial charge in [-0.15, -0.1) is 0 Å². The van der Waals surface area contributed by atoms with Crippen molar-refractivity contribution in [3.63, 3.8) is 0 Å². The van der Waals surface area contributed by atoms with Crippen molar-refractivity contribution in [2.24, 2.45) is 0 Å². The van der Waals surface area contributed by atoms with E-state index in [9.17, 15) is 9.59 Å². The summed E-state index contributed by atoms with van der Waals surface area (Å²) in [7, 11) is 0. The minimum atomic E-state index is -0.269. The fraction of sp³-hybridized carbons (Fsp3) is 0.258. The summed E-state index contributed by atoms with van der Waals surface area (Å²) in [5.74, 6) is -0.0799. The van der Waals surface area contributed by atoms with Crippen molar-refractivity contribution < 1.29 is 4.79 Å². The van der Waals surface area contributed by atoms with E-state index in [0.29, 0.717) is 18.8 Å². The molecule has 0 spiro atoms. The van der Waals surface area contributed by atoms with Crippen molar-refractivity contribution in [2.45, 2.75) is 25.9 Å². The number of rotatable bonds is 7. The molecule has 1 aliphatic rings. The number of benzene rings is 3. The fourth-order valence-corrected chi connectivity index (χ4v) is 4.97. The molecule has 1 amide bonds. The molecule has 0 radical (unpaired) electrons. The number of carbonyl (C=O) groups excluding carboxylic acids is 1. The van der Waals surface area contributed by atoms with E-state index in [1.165, 1.54) is 27.4 Å². The molecule has 0 N–H and O–H groups in total. The summed E-state index contributed by atoms with van der Waals surface area (Å²) in [6, 6.07) is 32.5. The van der Waals surface area contributed by atoms with Crippen LogP contribution < -0.4 is 5.56 Å². The molecular formula is C31H32N4O2. The molecule has 4 aromatic rings. The van der Waals surface area contributed by atoms with E-state index in [4.69, 9.17) is 0 Å². The van der Waals surface area contributed by atoms with Gasteiger partial charge >= 0.3 is 0 Å². The maximum absolute atomic E-state index is 13.2. The summed E-state index contributed by atoms with van der Waals surface area (Å²) in [6.07, 6.45) is 0.965. The Morgan fingerprint density at radius 3 is 1.95 bits per heavy atom. The first-order chi connectivity index (χ1) is 18.1. The Bertz CT molecular complexity index is 1340. The number of hydrogen-bond donors (Lipinski definition) is 0. The van der Waals surface area contributed by atoms with Crippen LogP contribution >= 0.6 is 0 Å². The molecule has 0 aliphatic carbocycles. The predicted octanol–water partition coefficient (Wildman–Crippen LogP) is 4.41. The van der Waals surface area contributed by atoms with E-state index >= 15 is 0 Å². The third kappa shape index (κ3) is 5.70. The normalized spacial score (nSPS) is 14.2. The van der Waals surface area contributed by atoms with Crippen LogP contribution in [0.4, 0.5) is 0 Å². The van der Waals surface area contributed by atoms with Crippen LogP contribution in [-0.2, 0) is 17.8 Å². The summed E-state index contributed by atoms with van der Waals surface area (Å²) in [5.41, 5.74) is 5.08. The lowest BCUT2D eigenvalue weighted by Gasteiger charge is -2.39. The highest BCUT2D eigenvalue weighted by Crippen LogP contribution is 2.29. The Morgan fingerprint density at radius 2 is 1.38 bits per heavy atom. The molecule has 0 unspecified atom stereocenters. The maximum atomic E-state index is 13.2. The standard InChI is InChI=1S/C31H32N4O2/c1-2-24-13-15-25(16-14-24)28-17-18-29(36)35(32-28)23-30(37)33-19-21-34(22-20-33)31(26-9-5-3-6-10-26)27-11-7-4-8-12-27/h3-18,31H,2,19-23H2,1H3. The van der Waals surface area contributed by atoms with Gasteiger partial charge in [0.2, 0.25) is 5.91 Å². The largest absolute Gasteiger partial charge is 0.339 e. The van der Waals surface area contributed by atoms with Crippen LogP contribution in [0.25, 0.3) is 11.3 Å². The van der Waals surface area contributed by atoms with Crippen molar-refractivity contribution in [3.8, 4) is 11.3 Å². The second-order valence-electron chi connectivity index (χ2n) is 9.41. The van der Waals surface area contributed by atoms with Crippen LogP contribution in [0.2, 0.25) is 0 Å². The van der Waals surface area contributed by atoms with E-state index in [1.807, 2.05) is 29.2 Å². The minimum Gasteiger partial charge on any atom is -0.339 e. The number of carbonyl (C=O) groups is 1. The SMILES string of the molecule is CCc1ccc(-c2ccc(=O)n(CC(=O)N3CCN(C(c4ccccc4)c4ccccc4)CC3)n2)cc1. The van der Waals surface area contributed by atoms with Gasteiger partial charge in [-0.1, -0.05) is 91.9 Å². The second kappa shape index (κ2) is 11.4. The van der Waals surface area contributed by atoms with Crippen LogP contribution in [0.1, 0.15) is 29.7 Å². The average Bonchev–Trinajstić information content (AvgIpc) is 2.96. The number of aromatic nitrogens is 2. The van der Waals surface area contributed by atoms with Crippen molar-refractivity contribution >= 4 is 5.91 Å². The number of piperazine rings is 1. The van der Waals surface area contributed by atoms with E-state index in [0.717, 1.165) is 25.1 Å². The zero-order valence-corrected chi connectivity index (χ0v) is 21.2. The second-order valence-corrected chi connectivity index (χ2v) is 9.41. The average molecular weight is 493 g/mol. The van der Waals surface area contributed by atoms with Crippen LogP contribution in [0.15, 0.2) is 102 Å². The van der Waals surface area contributed by atoms with Crippen molar-refractivity contribution in [1.29, 1.82) is 0 Å². The van der Waals surface area contributed by atoms with Gasteiger partial charge in [-0.2, -0.15) is 5.10 Å². The molecule has 6 nitrogen and oxygen atoms in total. The molecule has 0 atom stereocenters. The molecule has 0 bridgehead atoms. The summed E-state index contributed by atoms with van der Waals surface area (Å²) in [5, 5.41) is 4.50. The highest BCUT2D eigenvalue weighted by atomic mass is 16.2. The molecule has 1 aliphatic heterocycles. The van der Waals surface area contributed by atoms with Crippen LogP contribution in [0.3, 0.4) is 0 Å². The Balaban J connectivity index is 1.27. The van der Waals surface area contributed by atoms with Gasteiger partial charge in [0.1, 0.15) is 6.54 Å². The third-order valence-electron chi connectivity index (χ3n) is 7.07. The third-order valence-corrected chi connectivity index (χ3v) is 7.07. The monoisotopic (exact) mass is 492 g/mol. The highest BCUT2D eigenvalue weighted by Gasteiger charge is 2.28. The molecule has 1 fully saturated rings. The van der Waals surface area contributed by atoms with Crippen molar-refractivity contribution in [3.05, 3.63) is 124 Å².